The van der Waals surface area contributed by atoms with Crippen molar-refractivity contribution in [3.63, 3.8) is 0 Å². The fourth-order valence-electron chi connectivity index (χ4n) is 2.09. The number of hydrogen-bond donors (Lipinski definition) is 0. The Morgan fingerprint density at radius 1 is 1.41 bits per heavy atom. The highest BCUT2D eigenvalue weighted by Gasteiger charge is 2.09. The van der Waals surface area contributed by atoms with Gasteiger partial charge in [-0.05, 0) is 49.8 Å². The van der Waals surface area contributed by atoms with Crippen LogP contribution in [0, 0.1) is 6.92 Å². The van der Waals surface area contributed by atoms with E-state index in [9.17, 15) is 4.79 Å². The van der Waals surface area contributed by atoms with E-state index in [1.165, 1.54) is 0 Å². The molecular formula is C17H19BrN2O2. The molecule has 116 valence electrons. The topological polar surface area (TPSA) is 44.1 Å². The third-order valence-corrected chi connectivity index (χ3v) is 3.60. The van der Waals surface area contributed by atoms with E-state index in [0.29, 0.717) is 12.3 Å². The number of hydrogen-bond acceptors (Lipinski definition) is 3. The second kappa shape index (κ2) is 7.40. The molecule has 0 radical (unpaired) electrons. The molecule has 2 rings (SSSR count). The van der Waals surface area contributed by atoms with Gasteiger partial charge in [-0.1, -0.05) is 22.9 Å². The number of rotatable bonds is 6. The van der Waals surface area contributed by atoms with E-state index in [0.717, 1.165) is 27.9 Å². The van der Waals surface area contributed by atoms with Crippen molar-refractivity contribution in [2.45, 2.75) is 20.3 Å². The first kappa shape index (κ1) is 16.5. The summed E-state index contributed by atoms with van der Waals surface area (Å²) in [5.74, 6) is 0.694. The van der Waals surface area contributed by atoms with Gasteiger partial charge in [0.2, 0.25) is 5.78 Å². The van der Waals surface area contributed by atoms with Gasteiger partial charge in [0.05, 0.1) is 12.3 Å². The molecule has 5 heteroatoms. The van der Waals surface area contributed by atoms with E-state index in [1.807, 2.05) is 25.1 Å². The highest BCUT2D eigenvalue weighted by molar-refractivity contribution is 9.10. The van der Waals surface area contributed by atoms with Crippen molar-refractivity contribution < 1.29 is 9.53 Å². The molecule has 0 atom stereocenters. The Bertz CT molecular complexity index is 705. The number of halogens is 1. The van der Waals surface area contributed by atoms with E-state index in [1.54, 1.807) is 29.9 Å². The molecule has 0 aliphatic rings. The van der Waals surface area contributed by atoms with Crippen molar-refractivity contribution in [2.24, 2.45) is 7.05 Å². The monoisotopic (exact) mass is 362 g/mol. The third kappa shape index (κ3) is 4.07. The average molecular weight is 363 g/mol. The summed E-state index contributed by atoms with van der Waals surface area (Å²) in [6.07, 6.45) is 4.27. The molecule has 1 heterocycles. The van der Waals surface area contributed by atoms with E-state index >= 15 is 0 Å². The third-order valence-electron chi connectivity index (χ3n) is 3.10. The standard InChI is InChI=1S/C17H19BrN2O2/c1-4-9-22-17-8-6-14(18)11-13(17)5-7-16(21)15-10-12(2)19-20(15)3/h5-8,10-11H,4,9H2,1-3H3/b7-5+. The molecule has 0 fully saturated rings. The first-order chi connectivity index (χ1) is 10.5. The summed E-state index contributed by atoms with van der Waals surface area (Å²) >= 11 is 3.44. The smallest absolute Gasteiger partial charge is 0.203 e. The Balaban J connectivity index is 2.23. The minimum Gasteiger partial charge on any atom is -0.493 e. The van der Waals surface area contributed by atoms with Crippen LogP contribution in [-0.2, 0) is 7.05 Å². The maximum atomic E-state index is 12.3. The Labute approximate surface area is 138 Å². The average Bonchev–Trinajstić information content (AvgIpc) is 2.82. The zero-order valence-corrected chi connectivity index (χ0v) is 14.6. The maximum Gasteiger partial charge on any atom is 0.203 e. The van der Waals surface area contributed by atoms with Crippen LogP contribution >= 0.6 is 15.9 Å². The van der Waals surface area contributed by atoms with E-state index in [2.05, 4.69) is 28.0 Å². The van der Waals surface area contributed by atoms with Gasteiger partial charge in [-0.2, -0.15) is 5.10 Å². The van der Waals surface area contributed by atoms with Crippen LogP contribution < -0.4 is 4.74 Å². The number of benzene rings is 1. The quantitative estimate of drug-likeness (QED) is 0.571. The van der Waals surface area contributed by atoms with Crippen LogP contribution in [0.3, 0.4) is 0 Å². The SMILES string of the molecule is CCCOc1ccc(Br)cc1/C=C/C(=O)c1cc(C)nn1C. The van der Waals surface area contributed by atoms with Crippen LogP contribution in [0.4, 0.5) is 0 Å². The van der Waals surface area contributed by atoms with Gasteiger partial charge in [0.25, 0.3) is 0 Å². The fraction of sp³-hybridized carbons (Fsp3) is 0.294. The lowest BCUT2D eigenvalue weighted by Gasteiger charge is -2.08. The molecule has 2 aromatic rings. The van der Waals surface area contributed by atoms with Gasteiger partial charge in [-0.25, -0.2) is 0 Å². The minimum atomic E-state index is -0.0792. The Hall–Kier alpha value is -1.88. The van der Waals surface area contributed by atoms with E-state index < -0.39 is 0 Å². The fourth-order valence-corrected chi connectivity index (χ4v) is 2.46. The number of nitrogens with zero attached hydrogens (tertiary/aromatic N) is 2. The molecule has 0 bridgehead atoms. The maximum absolute atomic E-state index is 12.3. The predicted octanol–water partition coefficient (Wildman–Crippen LogP) is 4.18. The van der Waals surface area contributed by atoms with Gasteiger partial charge in [-0.3, -0.25) is 9.48 Å². The van der Waals surface area contributed by atoms with Crippen molar-refractivity contribution in [1.82, 2.24) is 9.78 Å². The zero-order chi connectivity index (χ0) is 16.1. The molecular weight excluding hydrogens is 344 g/mol. The number of allylic oxidation sites excluding steroid dienone is 1. The molecule has 0 saturated carbocycles. The molecule has 0 spiro atoms. The molecule has 4 nitrogen and oxygen atoms in total. The molecule has 0 N–H and O–H groups in total. The lowest BCUT2D eigenvalue weighted by Crippen LogP contribution is -2.04. The summed E-state index contributed by atoms with van der Waals surface area (Å²) in [5, 5.41) is 4.19. The van der Waals surface area contributed by atoms with Crippen molar-refractivity contribution in [2.75, 3.05) is 6.61 Å². The summed E-state index contributed by atoms with van der Waals surface area (Å²) < 4.78 is 8.25. The summed E-state index contributed by atoms with van der Waals surface area (Å²) in [6.45, 7) is 4.57. The van der Waals surface area contributed by atoms with Gasteiger partial charge in [0, 0.05) is 17.1 Å². The Morgan fingerprint density at radius 2 is 2.18 bits per heavy atom. The molecule has 0 aliphatic carbocycles. The van der Waals surface area contributed by atoms with Crippen LogP contribution in [0.5, 0.6) is 5.75 Å². The lowest BCUT2D eigenvalue weighted by molar-refractivity contribution is 0.103. The minimum absolute atomic E-state index is 0.0792. The summed E-state index contributed by atoms with van der Waals surface area (Å²) in [4.78, 5) is 12.3. The Kier molecular flexibility index (Phi) is 5.55. The van der Waals surface area contributed by atoms with Gasteiger partial charge < -0.3 is 4.74 Å². The summed E-state index contributed by atoms with van der Waals surface area (Å²) in [7, 11) is 1.77. The molecule has 0 saturated heterocycles. The number of carbonyl (C=O) groups excluding carboxylic acids is 1. The normalized spacial score (nSPS) is 11.1. The molecule has 1 aromatic carbocycles. The van der Waals surface area contributed by atoms with Crippen molar-refractivity contribution >= 4 is 27.8 Å². The molecule has 0 amide bonds. The predicted molar refractivity (Wildman–Crippen MR) is 91.2 cm³/mol. The first-order valence-corrected chi connectivity index (χ1v) is 7.96. The van der Waals surface area contributed by atoms with Crippen LogP contribution in [0.1, 0.15) is 35.1 Å². The summed E-state index contributed by atoms with van der Waals surface area (Å²) in [6, 6.07) is 7.54. The summed E-state index contributed by atoms with van der Waals surface area (Å²) in [5.41, 5.74) is 2.27. The number of aromatic nitrogens is 2. The van der Waals surface area contributed by atoms with Gasteiger partial charge in [0.15, 0.2) is 0 Å². The molecule has 0 aliphatic heterocycles. The lowest BCUT2D eigenvalue weighted by atomic mass is 10.1. The zero-order valence-electron chi connectivity index (χ0n) is 13.0. The molecule has 22 heavy (non-hydrogen) atoms. The van der Waals surface area contributed by atoms with Gasteiger partial charge >= 0.3 is 0 Å². The van der Waals surface area contributed by atoms with Crippen LogP contribution in [0.25, 0.3) is 6.08 Å². The molecule has 1 aromatic heterocycles. The second-order valence-electron chi connectivity index (χ2n) is 5.02. The van der Waals surface area contributed by atoms with Crippen molar-refractivity contribution in [3.8, 4) is 5.75 Å². The first-order valence-electron chi connectivity index (χ1n) is 7.16. The number of ketones is 1. The van der Waals surface area contributed by atoms with Crippen LogP contribution in [0.15, 0.2) is 34.8 Å². The number of carbonyl (C=O) groups is 1. The van der Waals surface area contributed by atoms with E-state index in [4.69, 9.17) is 4.74 Å². The highest BCUT2D eigenvalue weighted by atomic mass is 79.9. The number of ether oxygens (including phenoxy) is 1. The van der Waals surface area contributed by atoms with Crippen LogP contribution in [-0.4, -0.2) is 22.2 Å². The van der Waals surface area contributed by atoms with E-state index in [-0.39, 0.29) is 5.78 Å². The highest BCUT2D eigenvalue weighted by Crippen LogP contribution is 2.25. The van der Waals surface area contributed by atoms with Crippen molar-refractivity contribution in [1.29, 1.82) is 0 Å². The van der Waals surface area contributed by atoms with Gasteiger partial charge in [0.1, 0.15) is 11.4 Å². The Morgan fingerprint density at radius 3 is 2.82 bits per heavy atom. The van der Waals surface area contributed by atoms with Crippen molar-refractivity contribution in [3.05, 3.63) is 51.8 Å². The largest absolute Gasteiger partial charge is 0.493 e. The second-order valence-corrected chi connectivity index (χ2v) is 5.94. The number of aryl methyl sites for hydroxylation is 2. The van der Waals surface area contributed by atoms with Gasteiger partial charge in [-0.15, -0.1) is 0 Å². The van der Waals surface area contributed by atoms with Crippen LogP contribution in [0.2, 0.25) is 0 Å². The molecule has 0 unspecified atom stereocenters.